The Hall–Kier alpha value is -8.78. The van der Waals surface area contributed by atoms with Crippen molar-refractivity contribution in [2.75, 3.05) is 4.90 Å². The van der Waals surface area contributed by atoms with E-state index in [4.69, 9.17) is 0 Å². The molecule has 0 saturated heterocycles. The molecule has 12 rings (SSSR count). The van der Waals surface area contributed by atoms with E-state index >= 15 is 0 Å². The number of benzene rings is 12. The minimum Gasteiger partial charge on any atom is -0.310 e. The summed E-state index contributed by atoms with van der Waals surface area (Å²) in [5.74, 6) is 0. The molecule has 0 aliphatic rings. The molecule has 0 heterocycles. The van der Waals surface area contributed by atoms with Gasteiger partial charge in [0, 0.05) is 17.1 Å². The number of rotatable bonds is 9. The van der Waals surface area contributed by atoms with Crippen molar-refractivity contribution in [3.8, 4) is 66.8 Å². The molecule has 0 saturated carbocycles. The van der Waals surface area contributed by atoms with Gasteiger partial charge in [-0.1, -0.05) is 231 Å². The Morgan fingerprint density at radius 3 is 1.25 bits per heavy atom. The van der Waals surface area contributed by atoms with Gasteiger partial charge in [0.05, 0.1) is 0 Å². The van der Waals surface area contributed by atoms with Crippen molar-refractivity contribution in [2.24, 2.45) is 0 Å². The van der Waals surface area contributed by atoms with Crippen LogP contribution in [-0.4, -0.2) is 0 Å². The van der Waals surface area contributed by atoms with Crippen molar-refractivity contribution < 1.29 is 0 Å². The summed E-state index contributed by atoms with van der Waals surface area (Å²) in [4.78, 5) is 2.44. The lowest BCUT2D eigenvalue weighted by Crippen LogP contribution is -2.11. The first-order chi connectivity index (χ1) is 33.2. The van der Waals surface area contributed by atoms with Gasteiger partial charge in [-0.25, -0.2) is 0 Å². The average Bonchev–Trinajstić information content (AvgIpc) is 3.41. The molecule has 0 aromatic heterocycles. The van der Waals surface area contributed by atoms with Gasteiger partial charge in [0.2, 0.25) is 0 Å². The van der Waals surface area contributed by atoms with Crippen LogP contribution in [-0.2, 0) is 0 Å². The minimum atomic E-state index is 1.07. The zero-order valence-corrected chi connectivity index (χ0v) is 36.9. The molecule has 0 fully saturated rings. The molecular weight excluding hydrogens is 807 g/mol. The summed E-state index contributed by atoms with van der Waals surface area (Å²) < 4.78 is 0. The van der Waals surface area contributed by atoms with Crippen molar-refractivity contribution in [1.82, 2.24) is 0 Å². The molecule has 0 aliphatic carbocycles. The van der Waals surface area contributed by atoms with E-state index in [1.807, 2.05) is 0 Å². The summed E-state index contributed by atoms with van der Waals surface area (Å²) in [7, 11) is 0. The maximum Gasteiger partial charge on any atom is 0.0474 e. The maximum atomic E-state index is 2.44. The number of hydrogen-bond acceptors (Lipinski definition) is 1. The lowest BCUT2D eigenvalue weighted by atomic mass is 9.85. The Morgan fingerprint density at radius 1 is 0.194 bits per heavy atom. The summed E-state index contributed by atoms with van der Waals surface area (Å²) in [6, 6.07) is 99.7. The highest BCUT2D eigenvalue weighted by Gasteiger charge is 2.22. The van der Waals surface area contributed by atoms with Gasteiger partial charge in [-0.15, -0.1) is 0 Å². The molecule has 0 aliphatic heterocycles. The van der Waals surface area contributed by atoms with E-state index < -0.39 is 0 Å². The van der Waals surface area contributed by atoms with Crippen LogP contribution in [0, 0.1) is 0 Å². The summed E-state index contributed by atoms with van der Waals surface area (Å²) in [5.41, 5.74) is 17.4. The van der Waals surface area contributed by atoms with Crippen molar-refractivity contribution >= 4 is 49.4 Å². The van der Waals surface area contributed by atoms with Gasteiger partial charge >= 0.3 is 0 Å². The Balaban J connectivity index is 1.09. The van der Waals surface area contributed by atoms with E-state index in [9.17, 15) is 0 Å². The molecule has 0 spiro atoms. The first-order valence-corrected chi connectivity index (χ1v) is 23.1. The molecule has 12 aromatic rings. The standard InChI is InChI=1S/C66H45N/c1-5-18-46(19-6-1)47-34-37-55(38-35-47)67(56-28-17-27-52(43-56)61-41-40-59(48-20-7-2-8-21-48)62-30-15-16-31-63(61)62)57-44-64(49-22-9-3-10-23-49)66(65(45-57)50-24-11-4-12-25-50)54-36-39-60-53(42-54)33-32-51-26-13-14-29-58(51)60/h1-45H. The Morgan fingerprint density at radius 2 is 0.642 bits per heavy atom. The zero-order chi connectivity index (χ0) is 44.5. The van der Waals surface area contributed by atoms with Gasteiger partial charge in [0.25, 0.3) is 0 Å². The van der Waals surface area contributed by atoms with Crippen LogP contribution >= 0.6 is 0 Å². The molecule has 1 nitrogen and oxygen atoms in total. The average molecular weight is 852 g/mol. The highest BCUT2D eigenvalue weighted by Crippen LogP contribution is 2.48. The van der Waals surface area contributed by atoms with E-state index in [0.717, 1.165) is 33.8 Å². The van der Waals surface area contributed by atoms with Crippen LogP contribution in [0.1, 0.15) is 0 Å². The first-order valence-electron chi connectivity index (χ1n) is 23.1. The fourth-order valence-corrected chi connectivity index (χ4v) is 10.0. The number of hydrogen-bond donors (Lipinski definition) is 0. The van der Waals surface area contributed by atoms with Gasteiger partial charge in [0.1, 0.15) is 0 Å². The van der Waals surface area contributed by atoms with Crippen molar-refractivity contribution in [2.45, 2.75) is 0 Å². The smallest absolute Gasteiger partial charge is 0.0474 e. The highest BCUT2D eigenvalue weighted by molar-refractivity contribution is 6.10. The predicted molar refractivity (Wildman–Crippen MR) is 286 cm³/mol. The molecular formula is C66H45N. The third kappa shape index (κ3) is 7.53. The third-order valence-corrected chi connectivity index (χ3v) is 13.2. The van der Waals surface area contributed by atoms with Gasteiger partial charge in [0.15, 0.2) is 0 Å². The van der Waals surface area contributed by atoms with Gasteiger partial charge in [-0.2, -0.15) is 0 Å². The summed E-state index contributed by atoms with van der Waals surface area (Å²) in [6.45, 7) is 0. The lowest BCUT2D eigenvalue weighted by Gasteiger charge is -2.29. The summed E-state index contributed by atoms with van der Waals surface area (Å²) >= 11 is 0. The highest BCUT2D eigenvalue weighted by atomic mass is 15.1. The number of anilines is 3. The van der Waals surface area contributed by atoms with Crippen molar-refractivity contribution in [3.63, 3.8) is 0 Å². The molecule has 67 heavy (non-hydrogen) atoms. The molecule has 0 amide bonds. The first kappa shape index (κ1) is 39.8. The zero-order valence-electron chi connectivity index (χ0n) is 36.9. The van der Waals surface area contributed by atoms with Gasteiger partial charge in [-0.05, 0) is 142 Å². The quantitative estimate of drug-likeness (QED) is 0.131. The van der Waals surface area contributed by atoms with Crippen LogP contribution in [0.4, 0.5) is 17.1 Å². The van der Waals surface area contributed by atoms with E-state index in [0.29, 0.717) is 0 Å². The fourth-order valence-electron chi connectivity index (χ4n) is 10.0. The molecule has 0 N–H and O–H groups in total. The molecule has 0 atom stereocenters. The predicted octanol–water partition coefficient (Wildman–Crippen LogP) is 18.6. The third-order valence-electron chi connectivity index (χ3n) is 13.2. The Kier molecular flexibility index (Phi) is 10.3. The molecule has 12 aromatic carbocycles. The maximum absolute atomic E-state index is 2.44. The molecule has 0 bridgehead atoms. The summed E-state index contributed by atoms with van der Waals surface area (Å²) in [6.07, 6.45) is 0. The topological polar surface area (TPSA) is 3.24 Å². The number of fused-ring (bicyclic) bond motifs is 4. The monoisotopic (exact) mass is 851 g/mol. The van der Waals surface area contributed by atoms with Crippen LogP contribution < -0.4 is 4.90 Å². The van der Waals surface area contributed by atoms with E-state index in [1.165, 1.54) is 82.4 Å². The Labute approximate surface area is 392 Å². The minimum absolute atomic E-state index is 1.07. The molecule has 314 valence electrons. The van der Waals surface area contributed by atoms with E-state index in [2.05, 4.69) is 278 Å². The van der Waals surface area contributed by atoms with Crippen LogP contribution in [0.2, 0.25) is 0 Å². The molecule has 0 radical (unpaired) electrons. The SMILES string of the molecule is c1ccc(-c2ccc(N(c3cccc(-c4ccc(-c5ccccc5)c5ccccc45)c3)c3cc(-c4ccccc4)c(-c4ccc5c(ccc6ccccc65)c4)c(-c4ccccc4)c3)cc2)cc1. The van der Waals surface area contributed by atoms with E-state index in [-0.39, 0.29) is 0 Å². The Bertz CT molecular complexity index is 3650. The largest absolute Gasteiger partial charge is 0.310 e. The van der Waals surface area contributed by atoms with Crippen LogP contribution in [0.15, 0.2) is 273 Å². The van der Waals surface area contributed by atoms with Gasteiger partial charge in [-0.3, -0.25) is 0 Å². The fraction of sp³-hybridized carbons (Fsp3) is 0. The lowest BCUT2D eigenvalue weighted by molar-refractivity contribution is 1.28. The second-order valence-electron chi connectivity index (χ2n) is 17.2. The summed E-state index contributed by atoms with van der Waals surface area (Å²) in [5, 5.41) is 7.46. The van der Waals surface area contributed by atoms with E-state index in [1.54, 1.807) is 0 Å². The second-order valence-corrected chi connectivity index (χ2v) is 17.2. The normalized spacial score (nSPS) is 11.3. The van der Waals surface area contributed by atoms with Gasteiger partial charge < -0.3 is 4.90 Å². The molecule has 0 unspecified atom stereocenters. The van der Waals surface area contributed by atoms with Crippen LogP contribution in [0.3, 0.4) is 0 Å². The number of nitrogens with zero attached hydrogens (tertiary/aromatic N) is 1. The molecule has 1 heteroatoms. The van der Waals surface area contributed by atoms with Crippen molar-refractivity contribution in [1.29, 1.82) is 0 Å². The second kappa shape index (κ2) is 17.3. The van der Waals surface area contributed by atoms with Crippen LogP contribution in [0.5, 0.6) is 0 Å². The van der Waals surface area contributed by atoms with Crippen molar-refractivity contribution in [3.05, 3.63) is 273 Å². The van der Waals surface area contributed by atoms with Crippen LogP contribution in [0.25, 0.3) is 99.1 Å².